The average molecular weight is 762 g/mol. The van der Waals surface area contributed by atoms with Crippen LogP contribution in [-0.4, -0.2) is 127 Å². The SMILES string of the molecule is CCOc1cc(C(=O)N2CCCCC2)ccc1C1=N[C@@H](c2ccc(Cl)cc2)[C@@H](c2ccc(Cl)cc2)N1C(=O)N1CCN(CC(=O)N2CCOCC2)CC1. The van der Waals surface area contributed by atoms with Crippen molar-refractivity contribution in [3.63, 3.8) is 0 Å². The summed E-state index contributed by atoms with van der Waals surface area (Å²) in [5, 5.41) is 1.19. The zero-order valence-corrected chi connectivity index (χ0v) is 31.6. The number of nitrogens with zero attached hydrogens (tertiary/aromatic N) is 6. The maximum absolute atomic E-state index is 15.0. The van der Waals surface area contributed by atoms with Gasteiger partial charge in [0.25, 0.3) is 5.91 Å². The van der Waals surface area contributed by atoms with Crippen LogP contribution < -0.4 is 4.74 Å². The minimum absolute atomic E-state index is 0.0263. The van der Waals surface area contributed by atoms with Gasteiger partial charge in [0.05, 0.1) is 38.0 Å². The molecule has 11 nitrogen and oxygen atoms in total. The van der Waals surface area contributed by atoms with Crippen LogP contribution in [0.3, 0.4) is 0 Å². The first-order valence-corrected chi connectivity index (χ1v) is 19.4. The number of rotatable bonds is 8. The molecular formula is C40H46Cl2N6O5. The van der Waals surface area contributed by atoms with Crippen molar-refractivity contribution >= 4 is 46.9 Å². The van der Waals surface area contributed by atoms with E-state index in [-0.39, 0.29) is 17.8 Å². The van der Waals surface area contributed by atoms with Crippen LogP contribution in [0.25, 0.3) is 0 Å². The predicted octanol–water partition coefficient (Wildman–Crippen LogP) is 6.16. The van der Waals surface area contributed by atoms with Gasteiger partial charge in [-0.05, 0) is 79.8 Å². The summed E-state index contributed by atoms with van der Waals surface area (Å²) in [6.07, 6.45) is 3.11. The van der Waals surface area contributed by atoms with Crippen LogP contribution in [-0.2, 0) is 9.53 Å². The predicted molar refractivity (Wildman–Crippen MR) is 205 cm³/mol. The number of amidine groups is 1. The molecule has 0 spiro atoms. The van der Waals surface area contributed by atoms with E-state index >= 15 is 4.79 Å². The molecule has 53 heavy (non-hydrogen) atoms. The smallest absolute Gasteiger partial charge is 0.326 e. The topological polar surface area (TPSA) is 98.2 Å². The van der Waals surface area contributed by atoms with Crippen LogP contribution in [0.15, 0.2) is 71.7 Å². The Bertz CT molecular complexity index is 1800. The van der Waals surface area contributed by atoms with Crippen molar-refractivity contribution in [2.75, 3.05) is 78.7 Å². The van der Waals surface area contributed by atoms with E-state index in [4.69, 9.17) is 37.7 Å². The van der Waals surface area contributed by atoms with Crippen molar-refractivity contribution in [2.45, 2.75) is 38.3 Å². The largest absolute Gasteiger partial charge is 0.493 e. The van der Waals surface area contributed by atoms with Crippen molar-refractivity contribution in [3.8, 4) is 5.75 Å². The van der Waals surface area contributed by atoms with Gasteiger partial charge in [0.2, 0.25) is 5.91 Å². The highest BCUT2D eigenvalue weighted by molar-refractivity contribution is 6.30. The minimum atomic E-state index is -0.527. The van der Waals surface area contributed by atoms with Crippen LogP contribution in [0.5, 0.6) is 5.75 Å². The number of amides is 4. The number of benzene rings is 3. The minimum Gasteiger partial charge on any atom is -0.493 e. The fraction of sp³-hybridized carbons (Fsp3) is 0.450. The summed E-state index contributed by atoms with van der Waals surface area (Å²) in [7, 11) is 0. The second kappa shape index (κ2) is 16.9. The van der Waals surface area contributed by atoms with Gasteiger partial charge in [-0.15, -0.1) is 0 Å². The molecule has 0 unspecified atom stereocenters. The molecule has 7 rings (SSSR count). The molecule has 2 atom stereocenters. The van der Waals surface area contributed by atoms with Gasteiger partial charge in [0.15, 0.2) is 0 Å². The Kier molecular flexibility index (Phi) is 11.8. The Hall–Kier alpha value is -4.16. The van der Waals surface area contributed by atoms with E-state index in [0.29, 0.717) is 98.4 Å². The van der Waals surface area contributed by atoms with Crippen molar-refractivity contribution in [1.29, 1.82) is 0 Å². The lowest BCUT2D eigenvalue weighted by Crippen LogP contribution is -2.56. The van der Waals surface area contributed by atoms with Gasteiger partial charge >= 0.3 is 6.03 Å². The van der Waals surface area contributed by atoms with Gasteiger partial charge in [0, 0.05) is 68.0 Å². The van der Waals surface area contributed by atoms with E-state index in [2.05, 4.69) is 4.90 Å². The normalized spacial score (nSPS) is 21.1. The van der Waals surface area contributed by atoms with Gasteiger partial charge in [0.1, 0.15) is 17.6 Å². The van der Waals surface area contributed by atoms with E-state index in [0.717, 1.165) is 43.5 Å². The van der Waals surface area contributed by atoms with E-state index in [1.807, 2.05) is 82.3 Å². The average Bonchev–Trinajstić information content (AvgIpc) is 3.59. The number of aliphatic imine (C=N–C) groups is 1. The third kappa shape index (κ3) is 8.33. The number of piperidine rings is 1. The second-order valence-corrected chi connectivity index (χ2v) is 14.7. The van der Waals surface area contributed by atoms with Gasteiger partial charge in [-0.25, -0.2) is 4.79 Å². The molecule has 0 radical (unpaired) electrons. The Morgan fingerprint density at radius 2 is 1.40 bits per heavy atom. The summed E-state index contributed by atoms with van der Waals surface area (Å²) in [6.45, 7) is 8.38. The third-order valence-electron chi connectivity index (χ3n) is 10.5. The molecular weight excluding hydrogens is 715 g/mol. The zero-order chi connectivity index (χ0) is 36.9. The molecule has 0 N–H and O–H groups in total. The maximum atomic E-state index is 15.0. The van der Waals surface area contributed by atoms with Gasteiger partial charge in [-0.1, -0.05) is 47.5 Å². The first-order valence-electron chi connectivity index (χ1n) is 18.6. The maximum Gasteiger partial charge on any atom is 0.326 e. The Labute approximate surface area is 321 Å². The molecule has 3 aromatic rings. The molecule has 13 heteroatoms. The Balaban J connectivity index is 1.23. The summed E-state index contributed by atoms with van der Waals surface area (Å²) >= 11 is 12.7. The lowest BCUT2D eigenvalue weighted by Gasteiger charge is -2.39. The van der Waals surface area contributed by atoms with Crippen LogP contribution in [0.4, 0.5) is 4.79 Å². The Morgan fingerprint density at radius 1 is 0.755 bits per heavy atom. The number of hydrogen-bond acceptors (Lipinski definition) is 7. The van der Waals surface area contributed by atoms with Crippen molar-refractivity contribution in [2.24, 2.45) is 4.99 Å². The van der Waals surface area contributed by atoms with Crippen molar-refractivity contribution in [1.82, 2.24) is 24.5 Å². The number of carbonyl (C=O) groups is 3. The highest BCUT2D eigenvalue weighted by atomic mass is 35.5. The molecule has 0 saturated carbocycles. The number of ether oxygens (including phenoxy) is 2. The molecule has 3 saturated heterocycles. The van der Waals surface area contributed by atoms with Crippen LogP contribution >= 0.6 is 23.2 Å². The van der Waals surface area contributed by atoms with E-state index in [9.17, 15) is 9.59 Å². The molecule has 3 aromatic carbocycles. The zero-order valence-electron chi connectivity index (χ0n) is 30.1. The van der Waals surface area contributed by atoms with E-state index < -0.39 is 12.1 Å². The van der Waals surface area contributed by atoms with Crippen molar-refractivity contribution in [3.05, 3.63) is 99.0 Å². The number of halogens is 2. The van der Waals surface area contributed by atoms with E-state index in [1.54, 1.807) is 11.0 Å². The molecule has 280 valence electrons. The molecule has 4 aliphatic heterocycles. The van der Waals surface area contributed by atoms with Crippen LogP contribution in [0.2, 0.25) is 10.0 Å². The fourth-order valence-corrected chi connectivity index (χ4v) is 7.85. The number of hydrogen-bond donors (Lipinski definition) is 0. The standard InChI is InChI=1S/C40H46Cl2N6O5/c1-2-53-34-26-30(39(50)46-16-4-3-5-17-46)10-15-33(34)38-43-36(28-6-11-31(41)12-7-28)37(29-8-13-32(42)14-9-29)48(38)40(51)47-20-18-44(19-21-47)27-35(49)45-22-24-52-25-23-45/h6-15,26,36-37H,2-5,16-25,27H2,1H3/t36-,37+/m0/s1. The first kappa shape index (κ1) is 37.2. The summed E-state index contributed by atoms with van der Waals surface area (Å²) < 4.78 is 11.6. The summed E-state index contributed by atoms with van der Waals surface area (Å²) in [5.41, 5.74) is 2.93. The third-order valence-corrected chi connectivity index (χ3v) is 11.0. The monoisotopic (exact) mass is 760 g/mol. The Morgan fingerprint density at radius 3 is 2.04 bits per heavy atom. The van der Waals surface area contributed by atoms with Gasteiger partial charge < -0.3 is 24.2 Å². The summed E-state index contributed by atoms with van der Waals surface area (Å²) in [5.74, 6) is 1.01. The molecule has 4 heterocycles. The summed E-state index contributed by atoms with van der Waals surface area (Å²) in [4.78, 5) is 56.4. The number of likely N-dealkylation sites (tertiary alicyclic amines) is 1. The number of carbonyl (C=O) groups excluding carboxylic acids is 3. The highest BCUT2D eigenvalue weighted by Gasteiger charge is 2.45. The fourth-order valence-electron chi connectivity index (χ4n) is 7.60. The van der Waals surface area contributed by atoms with Crippen molar-refractivity contribution < 1.29 is 23.9 Å². The molecule has 4 aliphatic rings. The number of urea groups is 1. The molecule has 0 bridgehead atoms. The lowest BCUT2D eigenvalue weighted by atomic mass is 9.93. The van der Waals surface area contributed by atoms with Gasteiger partial charge in [-0.2, -0.15) is 0 Å². The molecule has 0 aliphatic carbocycles. The molecule has 3 fully saturated rings. The first-order chi connectivity index (χ1) is 25.8. The lowest BCUT2D eigenvalue weighted by molar-refractivity contribution is -0.136. The van der Waals surface area contributed by atoms with Gasteiger partial charge in [-0.3, -0.25) is 24.4 Å². The van der Waals surface area contributed by atoms with Crippen LogP contribution in [0.1, 0.15) is 65.3 Å². The quantitative estimate of drug-likeness (QED) is 0.273. The van der Waals surface area contributed by atoms with Crippen LogP contribution in [0, 0.1) is 0 Å². The number of morpholine rings is 1. The molecule has 4 amide bonds. The second-order valence-electron chi connectivity index (χ2n) is 13.9. The summed E-state index contributed by atoms with van der Waals surface area (Å²) in [6, 6.07) is 19.3. The van der Waals surface area contributed by atoms with E-state index in [1.165, 1.54) is 0 Å². The molecule has 0 aromatic heterocycles. The highest BCUT2D eigenvalue weighted by Crippen LogP contribution is 2.45. The number of piperazine rings is 1.